The maximum Gasteiger partial charge on any atom is 0.239 e. The van der Waals surface area contributed by atoms with Crippen LogP contribution in [0.1, 0.15) is 30.4 Å². The van der Waals surface area contributed by atoms with Crippen LogP contribution < -0.4 is 10.6 Å². The number of hydrogen-bond acceptors (Lipinski definition) is 6. The summed E-state index contributed by atoms with van der Waals surface area (Å²) in [6, 6.07) is 11.0. The molecular weight excluding hydrogens is 382 g/mol. The molecule has 1 aromatic rings. The number of thioether (sulfide) groups is 1. The van der Waals surface area contributed by atoms with Crippen molar-refractivity contribution < 1.29 is 4.79 Å². The second-order valence-electron chi connectivity index (χ2n) is 8.36. The van der Waals surface area contributed by atoms with E-state index in [2.05, 4.69) is 33.7 Å². The van der Waals surface area contributed by atoms with Gasteiger partial charge < -0.3 is 15.5 Å². The zero-order valence-electron chi connectivity index (χ0n) is 17.0. The lowest BCUT2D eigenvalue weighted by molar-refractivity contribution is -0.132. The van der Waals surface area contributed by atoms with Gasteiger partial charge in [0.05, 0.1) is 17.7 Å². The average molecular weight is 414 g/mol. The molecule has 156 valence electrons. The average Bonchev–Trinajstić information content (AvgIpc) is 3.24. The van der Waals surface area contributed by atoms with Gasteiger partial charge in [0, 0.05) is 49.8 Å². The number of carbonyl (C=O) groups excluding carboxylic acids is 1. The summed E-state index contributed by atoms with van der Waals surface area (Å²) in [7, 11) is 0. The topological polar surface area (TPSA) is 71.4 Å². The number of likely N-dealkylation sites (tertiary alicyclic amines) is 1. The number of nitrogens with zero attached hydrogens (tertiary/aromatic N) is 3. The van der Waals surface area contributed by atoms with E-state index in [1.807, 2.05) is 28.8 Å². The number of nitrogens with one attached hydrogen (secondary N) is 2. The molecule has 1 aromatic carbocycles. The van der Waals surface area contributed by atoms with Crippen LogP contribution in [0.5, 0.6) is 0 Å². The van der Waals surface area contributed by atoms with Crippen molar-refractivity contribution in [1.82, 2.24) is 20.4 Å². The fourth-order valence-corrected chi connectivity index (χ4v) is 5.49. The van der Waals surface area contributed by atoms with Crippen LogP contribution in [-0.2, 0) is 11.3 Å². The second kappa shape index (κ2) is 9.94. The molecule has 7 heteroatoms. The van der Waals surface area contributed by atoms with Crippen molar-refractivity contribution in [2.24, 2.45) is 0 Å². The number of carbonyl (C=O) groups is 1. The van der Waals surface area contributed by atoms with Crippen LogP contribution in [0.2, 0.25) is 0 Å². The van der Waals surface area contributed by atoms with Crippen molar-refractivity contribution in [1.29, 1.82) is 5.26 Å². The predicted molar refractivity (Wildman–Crippen MR) is 117 cm³/mol. The number of benzene rings is 1. The van der Waals surface area contributed by atoms with Gasteiger partial charge in [-0.15, -0.1) is 0 Å². The van der Waals surface area contributed by atoms with E-state index in [4.69, 9.17) is 5.26 Å². The highest BCUT2D eigenvalue weighted by Gasteiger charge is 2.34. The van der Waals surface area contributed by atoms with Crippen molar-refractivity contribution in [3.05, 3.63) is 35.4 Å². The number of hydrogen-bond donors (Lipinski definition) is 2. The third-order valence-corrected chi connectivity index (χ3v) is 7.24. The predicted octanol–water partition coefficient (Wildman–Crippen LogP) is 1.42. The Morgan fingerprint density at radius 1 is 1.14 bits per heavy atom. The summed E-state index contributed by atoms with van der Waals surface area (Å²) in [5.41, 5.74) is 1.99. The van der Waals surface area contributed by atoms with Crippen molar-refractivity contribution in [2.45, 2.75) is 43.9 Å². The van der Waals surface area contributed by atoms with Gasteiger partial charge in [0.1, 0.15) is 0 Å². The van der Waals surface area contributed by atoms with Crippen molar-refractivity contribution in [3.8, 4) is 6.07 Å². The van der Waals surface area contributed by atoms with Crippen LogP contribution in [-0.4, -0.2) is 78.1 Å². The Morgan fingerprint density at radius 2 is 1.86 bits per heavy atom. The molecule has 0 spiro atoms. The van der Waals surface area contributed by atoms with Gasteiger partial charge in [-0.25, -0.2) is 0 Å². The van der Waals surface area contributed by atoms with E-state index in [0.717, 1.165) is 75.6 Å². The Bertz CT molecular complexity index is 720. The van der Waals surface area contributed by atoms with Crippen LogP contribution in [0.3, 0.4) is 0 Å². The minimum atomic E-state index is -0.00734. The summed E-state index contributed by atoms with van der Waals surface area (Å²) in [6.45, 7) is 5.82. The molecule has 3 aliphatic heterocycles. The normalized spacial score (nSPS) is 26.4. The fraction of sp³-hybridized carbons (Fsp3) is 0.636. The molecule has 0 saturated carbocycles. The first-order valence-electron chi connectivity index (χ1n) is 10.8. The molecule has 0 radical (unpaired) electrons. The van der Waals surface area contributed by atoms with Crippen molar-refractivity contribution in [2.75, 3.05) is 44.2 Å². The van der Waals surface area contributed by atoms with E-state index < -0.39 is 0 Å². The fourth-order valence-electron chi connectivity index (χ4n) is 4.59. The van der Waals surface area contributed by atoms with Gasteiger partial charge in [-0.3, -0.25) is 9.69 Å². The van der Waals surface area contributed by atoms with Gasteiger partial charge in [-0.05, 0) is 50.0 Å². The highest BCUT2D eigenvalue weighted by atomic mass is 32.2. The van der Waals surface area contributed by atoms with E-state index in [0.29, 0.717) is 18.0 Å². The zero-order chi connectivity index (χ0) is 20.1. The van der Waals surface area contributed by atoms with Crippen LogP contribution in [0.15, 0.2) is 24.3 Å². The SMILES string of the molecule is N#Cc1ccc(CN2CCC(N[C@@H]3CN[C@H](C(=O)N4CCSCC4)C3)CC2)cc1. The largest absolute Gasteiger partial charge is 0.340 e. The Labute approximate surface area is 178 Å². The Balaban J connectivity index is 1.18. The van der Waals surface area contributed by atoms with Gasteiger partial charge in [0.25, 0.3) is 0 Å². The smallest absolute Gasteiger partial charge is 0.239 e. The maximum absolute atomic E-state index is 12.7. The first-order chi connectivity index (χ1) is 14.2. The lowest BCUT2D eigenvalue weighted by atomic mass is 10.0. The number of amides is 1. The molecule has 0 unspecified atom stereocenters. The van der Waals surface area contributed by atoms with E-state index >= 15 is 0 Å². The third-order valence-electron chi connectivity index (χ3n) is 6.30. The molecule has 3 fully saturated rings. The molecule has 4 rings (SSSR count). The van der Waals surface area contributed by atoms with E-state index in [1.165, 1.54) is 5.56 Å². The molecule has 3 heterocycles. The molecule has 6 nitrogen and oxygen atoms in total. The number of piperidine rings is 1. The molecule has 2 atom stereocenters. The van der Waals surface area contributed by atoms with E-state index in [1.54, 1.807) is 0 Å². The number of nitriles is 1. The second-order valence-corrected chi connectivity index (χ2v) is 9.58. The minimum absolute atomic E-state index is 0.00734. The molecule has 0 bridgehead atoms. The highest BCUT2D eigenvalue weighted by Crippen LogP contribution is 2.18. The first kappa shape index (κ1) is 20.7. The lowest BCUT2D eigenvalue weighted by Crippen LogP contribution is -2.47. The zero-order valence-corrected chi connectivity index (χ0v) is 17.8. The van der Waals surface area contributed by atoms with Gasteiger partial charge in [0.2, 0.25) is 5.91 Å². The van der Waals surface area contributed by atoms with E-state index in [9.17, 15) is 4.79 Å². The van der Waals surface area contributed by atoms with Gasteiger partial charge in [-0.1, -0.05) is 12.1 Å². The molecule has 0 aromatic heterocycles. The Hall–Kier alpha value is -1.59. The standard InChI is InChI=1S/C22H31N5OS/c23-14-17-1-3-18(4-2-17)16-26-7-5-19(6-8-26)25-20-13-21(24-15-20)22(28)27-9-11-29-12-10-27/h1-4,19-21,24-25H,5-13,15-16H2/t20-,21-/m0/s1. The van der Waals surface area contributed by atoms with Crippen LogP contribution >= 0.6 is 11.8 Å². The van der Waals surface area contributed by atoms with Crippen molar-refractivity contribution in [3.63, 3.8) is 0 Å². The molecule has 3 saturated heterocycles. The Morgan fingerprint density at radius 3 is 2.55 bits per heavy atom. The summed E-state index contributed by atoms with van der Waals surface area (Å²) in [5.74, 6) is 2.44. The molecule has 29 heavy (non-hydrogen) atoms. The van der Waals surface area contributed by atoms with Crippen LogP contribution in [0.25, 0.3) is 0 Å². The maximum atomic E-state index is 12.7. The van der Waals surface area contributed by atoms with Crippen LogP contribution in [0, 0.1) is 11.3 Å². The van der Waals surface area contributed by atoms with E-state index in [-0.39, 0.29) is 6.04 Å². The molecule has 0 aliphatic carbocycles. The van der Waals surface area contributed by atoms with Crippen LogP contribution in [0.4, 0.5) is 0 Å². The molecular formula is C22H31N5OS. The summed E-state index contributed by atoms with van der Waals surface area (Å²) in [4.78, 5) is 17.2. The highest BCUT2D eigenvalue weighted by molar-refractivity contribution is 7.99. The third kappa shape index (κ3) is 5.52. The summed E-state index contributed by atoms with van der Waals surface area (Å²) >= 11 is 1.94. The molecule has 1 amide bonds. The monoisotopic (exact) mass is 413 g/mol. The van der Waals surface area contributed by atoms with Crippen molar-refractivity contribution >= 4 is 17.7 Å². The molecule has 3 aliphatic rings. The van der Waals surface area contributed by atoms with Gasteiger partial charge in [0.15, 0.2) is 0 Å². The molecule has 2 N–H and O–H groups in total. The Kier molecular flexibility index (Phi) is 7.09. The van der Waals surface area contributed by atoms with Gasteiger partial charge in [-0.2, -0.15) is 17.0 Å². The summed E-state index contributed by atoms with van der Waals surface area (Å²) < 4.78 is 0. The first-order valence-corrected chi connectivity index (χ1v) is 11.9. The lowest BCUT2D eigenvalue weighted by Gasteiger charge is -2.34. The quantitative estimate of drug-likeness (QED) is 0.761. The minimum Gasteiger partial charge on any atom is -0.340 e. The van der Waals surface area contributed by atoms with Gasteiger partial charge >= 0.3 is 0 Å². The number of rotatable bonds is 5. The summed E-state index contributed by atoms with van der Waals surface area (Å²) in [6.07, 6.45) is 3.21. The summed E-state index contributed by atoms with van der Waals surface area (Å²) in [5, 5.41) is 16.2.